The Bertz CT molecular complexity index is 518. The molecule has 2 aliphatic rings. The van der Waals surface area contributed by atoms with Gasteiger partial charge in [-0.2, -0.15) is 0 Å². The summed E-state index contributed by atoms with van der Waals surface area (Å²) in [6.45, 7) is 1.71. The van der Waals surface area contributed by atoms with Crippen molar-refractivity contribution < 1.29 is 29.2 Å². The average molecular weight is 294 g/mol. The van der Waals surface area contributed by atoms with Crippen LogP contribution in [0.5, 0.6) is 0 Å². The Kier molecular flexibility index (Phi) is 3.71. The normalized spacial score (nSPS) is 38.9. The first kappa shape index (κ1) is 14.5. The third-order valence-electron chi connectivity index (χ3n) is 4.16. The monoisotopic (exact) mass is 294 g/mol. The minimum absolute atomic E-state index is 0.110. The van der Waals surface area contributed by atoms with Crippen LogP contribution in [0.1, 0.15) is 12.5 Å². The van der Waals surface area contributed by atoms with E-state index in [1.807, 2.05) is 30.3 Å². The summed E-state index contributed by atoms with van der Waals surface area (Å²) < 4.78 is 16.0. The van der Waals surface area contributed by atoms with Crippen molar-refractivity contribution in [1.82, 2.24) is 0 Å². The summed E-state index contributed by atoms with van der Waals surface area (Å²) >= 11 is 0. The van der Waals surface area contributed by atoms with Crippen LogP contribution < -0.4 is 0 Å². The van der Waals surface area contributed by atoms with Crippen LogP contribution in [0.2, 0.25) is 0 Å². The fraction of sp³-hybridized carbons (Fsp3) is 0.533. The second-order valence-corrected chi connectivity index (χ2v) is 5.54. The molecular weight excluding hydrogens is 276 g/mol. The Morgan fingerprint density at radius 1 is 1.38 bits per heavy atom. The van der Waals surface area contributed by atoms with E-state index < -0.39 is 36.0 Å². The Labute approximate surface area is 122 Å². The number of carbonyl (C=O) groups excluding carboxylic acids is 1. The molecule has 5 atom stereocenters. The van der Waals surface area contributed by atoms with Crippen molar-refractivity contribution in [3.63, 3.8) is 0 Å². The molecule has 6 nitrogen and oxygen atoms in total. The fourth-order valence-corrected chi connectivity index (χ4v) is 2.71. The molecule has 114 valence electrons. The average Bonchev–Trinajstić information content (AvgIpc) is 2.73. The molecule has 0 bridgehead atoms. The maximum Gasteiger partial charge on any atom is 0.312 e. The van der Waals surface area contributed by atoms with Gasteiger partial charge in [-0.3, -0.25) is 4.79 Å². The lowest BCUT2D eigenvalue weighted by Gasteiger charge is -2.40. The number of rotatable bonds is 3. The van der Waals surface area contributed by atoms with Crippen LogP contribution in [0.4, 0.5) is 0 Å². The van der Waals surface area contributed by atoms with Crippen molar-refractivity contribution in [3.8, 4) is 0 Å². The minimum atomic E-state index is -1.50. The van der Waals surface area contributed by atoms with Crippen LogP contribution in [-0.4, -0.2) is 46.9 Å². The first-order chi connectivity index (χ1) is 10.0. The number of fused-ring (bicyclic) bond motifs is 1. The zero-order chi connectivity index (χ0) is 15.0. The largest absolute Gasteiger partial charge is 0.456 e. The van der Waals surface area contributed by atoms with Gasteiger partial charge in [0.2, 0.25) is 0 Å². The van der Waals surface area contributed by atoms with E-state index in [0.29, 0.717) is 0 Å². The predicted octanol–water partition coefficient (Wildman–Crippen LogP) is 0.213. The van der Waals surface area contributed by atoms with Gasteiger partial charge in [0.25, 0.3) is 0 Å². The van der Waals surface area contributed by atoms with Gasteiger partial charge in [-0.1, -0.05) is 30.3 Å². The molecule has 0 amide bonds. The number of esters is 1. The summed E-state index contributed by atoms with van der Waals surface area (Å²) in [6.07, 6.45) is -3.18. The third kappa shape index (κ3) is 2.44. The zero-order valence-corrected chi connectivity index (χ0v) is 11.6. The van der Waals surface area contributed by atoms with Gasteiger partial charge < -0.3 is 24.4 Å². The van der Waals surface area contributed by atoms with Gasteiger partial charge in [-0.05, 0) is 12.5 Å². The maximum absolute atomic E-state index is 11.6. The van der Waals surface area contributed by atoms with Crippen LogP contribution in [0, 0.1) is 5.92 Å². The lowest BCUT2D eigenvalue weighted by atomic mass is 9.83. The molecule has 2 fully saturated rings. The number of benzene rings is 1. The molecule has 2 saturated heterocycles. The number of hydrogen-bond donors (Lipinski definition) is 2. The fourth-order valence-electron chi connectivity index (χ4n) is 2.71. The highest BCUT2D eigenvalue weighted by molar-refractivity contribution is 5.76. The zero-order valence-electron chi connectivity index (χ0n) is 11.6. The van der Waals surface area contributed by atoms with Gasteiger partial charge in [-0.25, -0.2) is 0 Å². The molecule has 0 radical (unpaired) electrons. The summed E-state index contributed by atoms with van der Waals surface area (Å²) in [5.74, 6) is -1.26. The molecule has 2 aliphatic heterocycles. The van der Waals surface area contributed by atoms with E-state index in [-0.39, 0.29) is 13.2 Å². The second-order valence-electron chi connectivity index (χ2n) is 5.54. The lowest BCUT2D eigenvalue weighted by molar-refractivity contribution is -0.292. The highest BCUT2D eigenvalue weighted by Crippen LogP contribution is 2.39. The number of aliphatic hydroxyl groups excluding tert-OH is 1. The van der Waals surface area contributed by atoms with Crippen molar-refractivity contribution in [1.29, 1.82) is 0 Å². The highest BCUT2D eigenvalue weighted by atomic mass is 16.7. The molecule has 1 aromatic carbocycles. The predicted molar refractivity (Wildman–Crippen MR) is 71.0 cm³/mol. The van der Waals surface area contributed by atoms with E-state index in [1.165, 1.54) is 0 Å². The van der Waals surface area contributed by atoms with E-state index in [1.54, 1.807) is 6.92 Å². The van der Waals surface area contributed by atoms with Crippen LogP contribution in [0.15, 0.2) is 30.3 Å². The minimum Gasteiger partial charge on any atom is -0.456 e. The van der Waals surface area contributed by atoms with E-state index in [9.17, 15) is 15.0 Å². The molecular formula is C15H18O6. The summed E-state index contributed by atoms with van der Waals surface area (Å²) in [6, 6.07) is 9.45. The van der Waals surface area contributed by atoms with Crippen LogP contribution >= 0.6 is 0 Å². The quantitative estimate of drug-likeness (QED) is 0.775. The van der Waals surface area contributed by atoms with Gasteiger partial charge in [-0.15, -0.1) is 0 Å². The van der Waals surface area contributed by atoms with Gasteiger partial charge in [0.05, 0.1) is 19.1 Å². The van der Waals surface area contributed by atoms with Crippen LogP contribution in [0.3, 0.4) is 0 Å². The maximum atomic E-state index is 11.6. The van der Waals surface area contributed by atoms with Crippen LogP contribution in [0.25, 0.3) is 0 Å². The molecule has 0 spiro atoms. The Hall–Kier alpha value is -1.47. The molecule has 21 heavy (non-hydrogen) atoms. The number of carbonyl (C=O) groups is 1. The SMILES string of the molecule is C[C@@H]1C(=O)O[C@@H]2[C@@H](O)[C@@H](OCc3ccccc3)OC[C@]12O. The number of aliphatic hydroxyl groups is 2. The van der Waals surface area contributed by atoms with Crippen molar-refractivity contribution >= 4 is 5.97 Å². The van der Waals surface area contributed by atoms with Crippen molar-refractivity contribution in [2.24, 2.45) is 5.92 Å². The standard InChI is InChI=1S/C15H18O6/c1-9-13(17)21-12-11(16)14(20-8-15(9,12)18)19-7-10-5-3-2-4-6-10/h2-6,9,11-12,14,16,18H,7-8H2,1H3/t9-,11-,12-,14+,15+/m1/s1. The summed E-state index contributed by atoms with van der Waals surface area (Å²) in [5, 5.41) is 20.7. The molecule has 0 aromatic heterocycles. The highest BCUT2D eigenvalue weighted by Gasteiger charge is 2.61. The lowest BCUT2D eigenvalue weighted by Crippen LogP contribution is -2.61. The van der Waals surface area contributed by atoms with Gasteiger partial charge >= 0.3 is 5.97 Å². The number of ether oxygens (including phenoxy) is 3. The smallest absolute Gasteiger partial charge is 0.312 e. The van der Waals surface area contributed by atoms with E-state index in [2.05, 4.69) is 0 Å². The van der Waals surface area contributed by atoms with Crippen molar-refractivity contribution in [2.45, 2.75) is 37.6 Å². The van der Waals surface area contributed by atoms with E-state index in [4.69, 9.17) is 14.2 Å². The molecule has 6 heteroatoms. The molecule has 2 heterocycles. The summed E-state index contributed by atoms with van der Waals surface area (Å²) in [5.41, 5.74) is -0.561. The second kappa shape index (κ2) is 5.38. The molecule has 0 aliphatic carbocycles. The third-order valence-corrected chi connectivity index (χ3v) is 4.16. The molecule has 0 unspecified atom stereocenters. The van der Waals surface area contributed by atoms with Crippen molar-refractivity contribution in [3.05, 3.63) is 35.9 Å². The van der Waals surface area contributed by atoms with Crippen molar-refractivity contribution in [2.75, 3.05) is 6.61 Å². The topological polar surface area (TPSA) is 85.2 Å². The van der Waals surface area contributed by atoms with Gasteiger partial charge in [0, 0.05) is 0 Å². The first-order valence-corrected chi connectivity index (χ1v) is 6.90. The molecule has 3 rings (SSSR count). The number of hydrogen-bond acceptors (Lipinski definition) is 6. The van der Waals surface area contributed by atoms with Crippen LogP contribution in [-0.2, 0) is 25.6 Å². The first-order valence-electron chi connectivity index (χ1n) is 6.90. The summed E-state index contributed by atoms with van der Waals surface area (Å²) in [7, 11) is 0. The Morgan fingerprint density at radius 3 is 2.81 bits per heavy atom. The van der Waals surface area contributed by atoms with Gasteiger partial charge in [0.15, 0.2) is 12.4 Å². The summed E-state index contributed by atoms with van der Waals surface area (Å²) in [4.78, 5) is 11.6. The van der Waals surface area contributed by atoms with E-state index in [0.717, 1.165) is 5.56 Å². The molecule has 0 saturated carbocycles. The van der Waals surface area contributed by atoms with Gasteiger partial charge in [0.1, 0.15) is 11.7 Å². The van der Waals surface area contributed by atoms with E-state index >= 15 is 0 Å². The molecule has 1 aromatic rings. The Balaban J connectivity index is 1.66. The Morgan fingerprint density at radius 2 is 2.10 bits per heavy atom. The molecule has 2 N–H and O–H groups in total.